The summed E-state index contributed by atoms with van der Waals surface area (Å²) >= 11 is 0. The van der Waals surface area contributed by atoms with Crippen LogP contribution < -0.4 is 20.7 Å². The fourth-order valence-corrected chi connectivity index (χ4v) is 1.88. The molecule has 0 radical (unpaired) electrons. The number of aromatic nitrogens is 2. The van der Waals surface area contributed by atoms with Crippen LogP contribution in [0.4, 0.5) is 0 Å². The zero-order valence-electron chi connectivity index (χ0n) is 12.0. The van der Waals surface area contributed by atoms with Crippen molar-refractivity contribution < 1.29 is 14.3 Å². The van der Waals surface area contributed by atoms with E-state index in [1.54, 1.807) is 33.3 Å². The minimum atomic E-state index is -0.425. The molecular formula is C14H16N4O3. The van der Waals surface area contributed by atoms with Gasteiger partial charge in [0, 0.05) is 11.8 Å². The van der Waals surface area contributed by atoms with Gasteiger partial charge in [-0.25, -0.2) is 15.8 Å². The number of nitrogens with two attached hydrogens (primary N) is 1. The highest BCUT2D eigenvalue weighted by Crippen LogP contribution is 2.31. The van der Waals surface area contributed by atoms with E-state index >= 15 is 0 Å². The van der Waals surface area contributed by atoms with Gasteiger partial charge < -0.3 is 9.47 Å². The first-order valence-electron chi connectivity index (χ1n) is 6.17. The lowest BCUT2D eigenvalue weighted by Gasteiger charge is -2.10. The molecule has 2 aromatic rings. The Morgan fingerprint density at radius 2 is 1.95 bits per heavy atom. The first-order chi connectivity index (χ1) is 10.1. The van der Waals surface area contributed by atoms with E-state index < -0.39 is 5.91 Å². The number of amides is 1. The minimum absolute atomic E-state index is 0.335. The van der Waals surface area contributed by atoms with Crippen molar-refractivity contribution in [3.05, 3.63) is 35.7 Å². The first-order valence-corrected chi connectivity index (χ1v) is 6.17. The first kappa shape index (κ1) is 14.7. The van der Waals surface area contributed by atoms with Gasteiger partial charge in [-0.1, -0.05) is 0 Å². The van der Waals surface area contributed by atoms with Crippen LogP contribution in [0.5, 0.6) is 11.5 Å². The number of aryl methyl sites for hydroxylation is 1. The Labute approximate surface area is 122 Å². The van der Waals surface area contributed by atoms with Crippen LogP contribution in [0.3, 0.4) is 0 Å². The molecule has 0 aliphatic carbocycles. The van der Waals surface area contributed by atoms with Crippen molar-refractivity contribution in [1.29, 1.82) is 0 Å². The summed E-state index contributed by atoms with van der Waals surface area (Å²) in [6.45, 7) is 1.72. The number of methoxy groups -OCH3 is 2. The van der Waals surface area contributed by atoms with E-state index in [0.29, 0.717) is 28.6 Å². The number of carbonyl (C=O) groups is 1. The normalized spacial score (nSPS) is 10.1. The van der Waals surface area contributed by atoms with Crippen molar-refractivity contribution in [1.82, 2.24) is 15.4 Å². The molecule has 2 rings (SSSR count). The van der Waals surface area contributed by atoms with Gasteiger partial charge in [-0.3, -0.25) is 10.2 Å². The van der Waals surface area contributed by atoms with Crippen LogP contribution in [0, 0.1) is 6.92 Å². The Bertz CT molecular complexity index is 673. The lowest BCUT2D eigenvalue weighted by molar-refractivity contribution is 0.0952. The highest BCUT2D eigenvalue weighted by atomic mass is 16.5. The maximum atomic E-state index is 11.5. The van der Waals surface area contributed by atoms with Crippen LogP contribution in [0.25, 0.3) is 11.4 Å². The number of benzene rings is 1. The highest BCUT2D eigenvalue weighted by molar-refractivity contribution is 5.94. The molecule has 0 bridgehead atoms. The van der Waals surface area contributed by atoms with Crippen LogP contribution in [0.15, 0.2) is 24.4 Å². The van der Waals surface area contributed by atoms with E-state index in [4.69, 9.17) is 15.3 Å². The quantitative estimate of drug-likeness (QED) is 0.496. The molecule has 0 saturated carbocycles. The molecule has 0 atom stereocenters. The number of nitrogens with zero attached hydrogens (tertiary/aromatic N) is 2. The number of nitrogens with one attached hydrogen (secondary N) is 1. The van der Waals surface area contributed by atoms with Crippen molar-refractivity contribution in [3.8, 4) is 22.9 Å². The smallest absolute Gasteiger partial charge is 0.268 e. The van der Waals surface area contributed by atoms with E-state index in [1.807, 2.05) is 6.07 Å². The van der Waals surface area contributed by atoms with E-state index in [0.717, 1.165) is 5.56 Å². The number of carbonyl (C=O) groups excluding carboxylic acids is 1. The third-order valence-corrected chi connectivity index (χ3v) is 3.00. The average molecular weight is 288 g/mol. The second-order valence-corrected chi connectivity index (χ2v) is 4.24. The Morgan fingerprint density at radius 3 is 2.52 bits per heavy atom. The molecule has 0 aliphatic rings. The van der Waals surface area contributed by atoms with Crippen molar-refractivity contribution in [2.75, 3.05) is 14.2 Å². The molecule has 3 N–H and O–H groups in total. The minimum Gasteiger partial charge on any atom is -0.493 e. The largest absolute Gasteiger partial charge is 0.493 e. The molecule has 0 saturated heterocycles. The SMILES string of the molecule is COc1ccc(-c2ncc(C(=O)NN)c(C)n2)cc1OC. The molecule has 0 aliphatic heterocycles. The summed E-state index contributed by atoms with van der Waals surface area (Å²) in [4.78, 5) is 20.0. The molecule has 1 heterocycles. The molecule has 1 amide bonds. The molecule has 21 heavy (non-hydrogen) atoms. The van der Waals surface area contributed by atoms with Crippen LogP contribution in [0.1, 0.15) is 16.1 Å². The van der Waals surface area contributed by atoms with Gasteiger partial charge in [0.25, 0.3) is 5.91 Å². The summed E-state index contributed by atoms with van der Waals surface area (Å²) in [7, 11) is 3.13. The van der Waals surface area contributed by atoms with Crippen molar-refractivity contribution in [2.24, 2.45) is 5.84 Å². The summed E-state index contributed by atoms with van der Waals surface area (Å²) in [5.41, 5.74) is 3.69. The number of ether oxygens (including phenoxy) is 2. The van der Waals surface area contributed by atoms with Gasteiger partial charge in [0.15, 0.2) is 17.3 Å². The van der Waals surface area contributed by atoms with E-state index in [-0.39, 0.29) is 0 Å². The average Bonchev–Trinajstić information content (AvgIpc) is 2.53. The Morgan fingerprint density at radius 1 is 1.24 bits per heavy atom. The molecular weight excluding hydrogens is 272 g/mol. The third-order valence-electron chi connectivity index (χ3n) is 3.00. The molecule has 1 aromatic carbocycles. The second kappa shape index (κ2) is 6.19. The molecule has 0 spiro atoms. The number of nitrogen functional groups attached to an aromatic ring is 1. The number of hydrogen-bond acceptors (Lipinski definition) is 6. The number of hydrazine groups is 1. The topological polar surface area (TPSA) is 99.4 Å². The molecule has 0 unspecified atom stereocenters. The Kier molecular flexibility index (Phi) is 4.34. The fourth-order valence-electron chi connectivity index (χ4n) is 1.88. The van der Waals surface area contributed by atoms with Gasteiger partial charge in [-0.15, -0.1) is 0 Å². The lowest BCUT2D eigenvalue weighted by atomic mass is 10.1. The summed E-state index contributed by atoms with van der Waals surface area (Å²) in [6.07, 6.45) is 1.44. The fraction of sp³-hybridized carbons (Fsp3) is 0.214. The maximum Gasteiger partial charge on any atom is 0.268 e. The van der Waals surface area contributed by atoms with E-state index in [9.17, 15) is 4.79 Å². The van der Waals surface area contributed by atoms with Crippen LogP contribution >= 0.6 is 0 Å². The van der Waals surface area contributed by atoms with Crippen LogP contribution in [0.2, 0.25) is 0 Å². The predicted octanol–water partition coefficient (Wildman–Crippen LogP) is 1.07. The van der Waals surface area contributed by atoms with E-state index in [1.165, 1.54) is 6.20 Å². The molecule has 110 valence electrons. The molecule has 7 nitrogen and oxygen atoms in total. The highest BCUT2D eigenvalue weighted by Gasteiger charge is 2.13. The summed E-state index contributed by atoms with van der Waals surface area (Å²) in [5.74, 6) is 6.38. The van der Waals surface area contributed by atoms with Crippen LogP contribution in [-0.2, 0) is 0 Å². The molecule has 7 heteroatoms. The van der Waals surface area contributed by atoms with E-state index in [2.05, 4.69) is 15.4 Å². The van der Waals surface area contributed by atoms with Crippen molar-refractivity contribution in [3.63, 3.8) is 0 Å². The van der Waals surface area contributed by atoms with Crippen molar-refractivity contribution >= 4 is 5.91 Å². The lowest BCUT2D eigenvalue weighted by Crippen LogP contribution is -2.31. The van der Waals surface area contributed by atoms with Gasteiger partial charge in [-0.2, -0.15) is 0 Å². The monoisotopic (exact) mass is 288 g/mol. The second-order valence-electron chi connectivity index (χ2n) is 4.24. The van der Waals surface area contributed by atoms with Crippen molar-refractivity contribution in [2.45, 2.75) is 6.92 Å². The summed E-state index contributed by atoms with van der Waals surface area (Å²) < 4.78 is 10.4. The molecule has 0 fully saturated rings. The summed E-state index contributed by atoms with van der Waals surface area (Å²) in [5, 5.41) is 0. The number of hydrogen-bond donors (Lipinski definition) is 2. The van der Waals surface area contributed by atoms with Gasteiger partial charge in [0.05, 0.1) is 25.5 Å². The Hall–Kier alpha value is -2.67. The van der Waals surface area contributed by atoms with Gasteiger partial charge in [0.1, 0.15) is 0 Å². The van der Waals surface area contributed by atoms with Gasteiger partial charge in [0.2, 0.25) is 0 Å². The predicted molar refractivity (Wildman–Crippen MR) is 77.0 cm³/mol. The molecule has 1 aromatic heterocycles. The van der Waals surface area contributed by atoms with Crippen LogP contribution in [-0.4, -0.2) is 30.1 Å². The van der Waals surface area contributed by atoms with Gasteiger partial charge >= 0.3 is 0 Å². The third kappa shape index (κ3) is 2.92. The summed E-state index contributed by atoms with van der Waals surface area (Å²) in [6, 6.07) is 5.36. The maximum absolute atomic E-state index is 11.5. The standard InChI is InChI=1S/C14H16N4O3/c1-8-10(14(19)18-15)7-16-13(17-8)9-4-5-11(20-2)12(6-9)21-3/h4-7H,15H2,1-3H3,(H,18,19). The Balaban J connectivity index is 2.43. The number of rotatable bonds is 4. The zero-order chi connectivity index (χ0) is 15.4. The van der Waals surface area contributed by atoms with Gasteiger partial charge in [-0.05, 0) is 25.1 Å². The zero-order valence-corrected chi connectivity index (χ0v) is 12.0.